The highest BCUT2D eigenvalue weighted by molar-refractivity contribution is 7.92. The third kappa shape index (κ3) is 8.74. The number of carbonyl (C=O) groups excluding carboxylic acids is 2. The van der Waals surface area contributed by atoms with E-state index in [2.05, 4.69) is 5.32 Å². The van der Waals surface area contributed by atoms with Gasteiger partial charge in [0.15, 0.2) is 0 Å². The predicted molar refractivity (Wildman–Crippen MR) is 139 cm³/mol. The van der Waals surface area contributed by atoms with Gasteiger partial charge in [-0.25, -0.2) is 8.42 Å². The van der Waals surface area contributed by atoms with Crippen LogP contribution in [0.4, 0.5) is 5.69 Å². The van der Waals surface area contributed by atoms with Crippen LogP contribution in [0.5, 0.6) is 5.75 Å². The normalized spacial score (nSPS) is 12.0. The first-order chi connectivity index (χ1) is 16.6. The zero-order chi connectivity index (χ0) is 26.0. The fourth-order valence-electron chi connectivity index (χ4n) is 3.58. The molecule has 0 unspecified atom stereocenters. The van der Waals surface area contributed by atoms with Gasteiger partial charge in [-0.05, 0) is 49.6 Å². The number of hydrogen-bond acceptors (Lipinski definition) is 5. The van der Waals surface area contributed by atoms with Crippen molar-refractivity contribution in [1.82, 2.24) is 10.2 Å². The van der Waals surface area contributed by atoms with Crippen LogP contribution in [0, 0.1) is 0 Å². The van der Waals surface area contributed by atoms with Crippen molar-refractivity contribution in [2.45, 2.75) is 45.7 Å². The third-order valence-electron chi connectivity index (χ3n) is 5.45. The van der Waals surface area contributed by atoms with Crippen molar-refractivity contribution in [3.63, 3.8) is 0 Å². The van der Waals surface area contributed by atoms with Crippen molar-refractivity contribution in [3.05, 3.63) is 59.1 Å². The summed E-state index contributed by atoms with van der Waals surface area (Å²) in [4.78, 5) is 27.4. The number of nitrogens with one attached hydrogen (secondary N) is 1. The van der Waals surface area contributed by atoms with Crippen molar-refractivity contribution in [2.75, 3.05) is 30.8 Å². The number of carbonyl (C=O) groups is 2. The van der Waals surface area contributed by atoms with Gasteiger partial charge in [0.1, 0.15) is 11.8 Å². The lowest BCUT2D eigenvalue weighted by atomic mass is 10.1. The lowest BCUT2D eigenvalue weighted by Crippen LogP contribution is -2.47. The maximum Gasteiger partial charge on any atom is 0.242 e. The molecule has 0 aliphatic carbocycles. The smallest absolute Gasteiger partial charge is 0.242 e. The third-order valence-corrected chi connectivity index (χ3v) is 6.88. The van der Waals surface area contributed by atoms with Crippen LogP contribution < -0.4 is 14.4 Å². The summed E-state index contributed by atoms with van der Waals surface area (Å²) in [5.74, 6) is 0.0476. The van der Waals surface area contributed by atoms with Crippen LogP contribution in [-0.4, -0.2) is 57.6 Å². The van der Waals surface area contributed by atoms with E-state index >= 15 is 0 Å². The molecule has 2 aromatic rings. The molecule has 0 spiro atoms. The molecule has 0 aliphatic heterocycles. The number of sulfonamides is 1. The largest absolute Gasteiger partial charge is 0.497 e. The molecule has 0 saturated heterocycles. The molecule has 8 nitrogen and oxygen atoms in total. The summed E-state index contributed by atoms with van der Waals surface area (Å²) in [5.41, 5.74) is 1.26. The standard InChI is InChI=1S/C25H34ClN3O5S/c1-5-14-27-25(31)19(2)28(18-20-9-6-10-21(26)16-20)24(30)13-8-15-29(35(4,32)33)22-11-7-12-23(17-22)34-3/h6-7,9-12,16-17,19H,5,8,13-15,18H2,1-4H3,(H,27,31)/t19-/m1/s1. The lowest BCUT2D eigenvalue weighted by molar-refractivity contribution is -0.140. The van der Waals surface area contributed by atoms with Crippen molar-refractivity contribution in [1.29, 1.82) is 0 Å². The highest BCUT2D eigenvalue weighted by atomic mass is 35.5. The number of ether oxygens (including phenoxy) is 1. The quantitative estimate of drug-likeness (QED) is 0.430. The van der Waals surface area contributed by atoms with Crippen LogP contribution in [0.1, 0.15) is 38.7 Å². The molecule has 192 valence electrons. The second-order valence-corrected chi connectivity index (χ2v) is 10.6. The van der Waals surface area contributed by atoms with Gasteiger partial charge in [-0.3, -0.25) is 13.9 Å². The van der Waals surface area contributed by atoms with Gasteiger partial charge in [-0.1, -0.05) is 36.7 Å². The Morgan fingerprint density at radius 2 is 1.86 bits per heavy atom. The fraction of sp³-hybridized carbons (Fsp3) is 0.440. The Labute approximate surface area is 213 Å². The first-order valence-electron chi connectivity index (χ1n) is 11.5. The molecule has 1 atom stereocenters. The van der Waals surface area contributed by atoms with Crippen LogP contribution in [0.2, 0.25) is 5.02 Å². The second kappa shape index (κ2) is 13.3. The number of amides is 2. The highest BCUT2D eigenvalue weighted by Crippen LogP contribution is 2.24. The summed E-state index contributed by atoms with van der Waals surface area (Å²) >= 11 is 6.11. The number of benzene rings is 2. The maximum absolute atomic E-state index is 13.2. The predicted octanol–water partition coefficient (Wildman–Crippen LogP) is 3.84. The van der Waals surface area contributed by atoms with E-state index in [9.17, 15) is 18.0 Å². The summed E-state index contributed by atoms with van der Waals surface area (Å²) in [5, 5.41) is 3.37. The van der Waals surface area contributed by atoms with E-state index in [0.29, 0.717) is 23.0 Å². The molecule has 0 aromatic heterocycles. The topological polar surface area (TPSA) is 96.0 Å². The van der Waals surface area contributed by atoms with Gasteiger partial charge in [-0.2, -0.15) is 0 Å². The number of halogens is 1. The van der Waals surface area contributed by atoms with Gasteiger partial charge in [0.25, 0.3) is 0 Å². The van der Waals surface area contributed by atoms with Gasteiger partial charge in [0, 0.05) is 37.1 Å². The Morgan fingerprint density at radius 3 is 2.49 bits per heavy atom. The van der Waals surface area contributed by atoms with E-state index in [1.807, 2.05) is 13.0 Å². The molecule has 0 saturated carbocycles. The van der Waals surface area contributed by atoms with Crippen molar-refractivity contribution >= 4 is 39.1 Å². The van der Waals surface area contributed by atoms with Crippen molar-refractivity contribution < 1.29 is 22.7 Å². The number of hydrogen-bond donors (Lipinski definition) is 1. The molecule has 2 amide bonds. The Balaban J connectivity index is 2.16. The molecule has 2 aromatic carbocycles. The number of methoxy groups -OCH3 is 1. The van der Waals surface area contributed by atoms with E-state index < -0.39 is 16.1 Å². The Bertz CT molecular complexity index is 1110. The Kier molecular flexibility index (Phi) is 10.9. The first-order valence-corrected chi connectivity index (χ1v) is 13.7. The summed E-state index contributed by atoms with van der Waals surface area (Å²) in [6, 6.07) is 13.2. The average Bonchev–Trinajstić information content (AvgIpc) is 2.82. The molecule has 0 radical (unpaired) electrons. The number of nitrogens with zero attached hydrogens (tertiary/aromatic N) is 2. The lowest BCUT2D eigenvalue weighted by Gasteiger charge is -2.29. The summed E-state index contributed by atoms with van der Waals surface area (Å²) in [6.07, 6.45) is 2.26. The van der Waals surface area contributed by atoms with Crippen LogP contribution in [0.3, 0.4) is 0 Å². The van der Waals surface area contributed by atoms with Gasteiger partial charge < -0.3 is 15.0 Å². The highest BCUT2D eigenvalue weighted by Gasteiger charge is 2.26. The number of rotatable bonds is 13. The molecule has 0 heterocycles. The van der Waals surface area contributed by atoms with E-state index in [1.54, 1.807) is 49.4 Å². The van der Waals surface area contributed by atoms with Crippen LogP contribution in [-0.2, 0) is 26.2 Å². The van der Waals surface area contributed by atoms with Gasteiger partial charge >= 0.3 is 0 Å². The van der Waals surface area contributed by atoms with Crippen LogP contribution in [0.15, 0.2) is 48.5 Å². The summed E-state index contributed by atoms with van der Waals surface area (Å²) in [7, 11) is -2.07. The number of anilines is 1. The summed E-state index contributed by atoms with van der Waals surface area (Å²) < 4.78 is 31.3. The minimum atomic E-state index is -3.58. The van der Waals surface area contributed by atoms with Gasteiger partial charge in [0.2, 0.25) is 21.8 Å². The van der Waals surface area contributed by atoms with Crippen molar-refractivity contribution in [3.8, 4) is 5.75 Å². The van der Waals surface area contributed by atoms with E-state index in [-0.39, 0.29) is 37.7 Å². The van der Waals surface area contributed by atoms with E-state index in [4.69, 9.17) is 16.3 Å². The molecule has 0 aliphatic rings. The van der Waals surface area contributed by atoms with Crippen molar-refractivity contribution in [2.24, 2.45) is 0 Å². The monoisotopic (exact) mass is 523 g/mol. The van der Waals surface area contributed by atoms with Crippen LogP contribution in [0.25, 0.3) is 0 Å². The summed E-state index contributed by atoms with van der Waals surface area (Å²) in [6.45, 7) is 4.49. The molecule has 10 heteroatoms. The van der Waals surface area contributed by atoms with Crippen LogP contribution >= 0.6 is 11.6 Å². The molecule has 35 heavy (non-hydrogen) atoms. The first kappa shape index (κ1) is 28.5. The average molecular weight is 524 g/mol. The van der Waals surface area contributed by atoms with Gasteiger partial charge in [-0.15, -0.1) is 0 Å². The fourth-order valence-corrected chi connectivity index (χ4v) is 4.75. The molecule has 1 N–H and O–H groups in total. The molecular formula is C25H34ClN3O5S. The molecule has 2 rings (SSSR count). The Hall–Kier alpha value is -2.78. The van der Waals surface area contributed by atoms with Gasteiger partial charge in [0.05, 0.1) is 19.1 Å². The molecular weight excluding hydrogens is 490 g/mol. The zero-order valence-electron chi connectivity index (χ0n) is 20.7. The minimum Gasteiger partial charge on any atom is -0.497 e. The van der Waals surface area contributed by atoms with E-state index in [1.165, 1.54) is 16.3 Å². The van der Waals surface area contributed by atoms with E-state index in [0.717, 1.165) is 18.2 Å². The minimum absolute atomic E-state index is 0.0714. The SMILES string of the molecule is CCCNC(=O)[C@@H](C)N(Cc1cccc(Cl)c1)C(=O)CCCN(c1cccc(OC)c1)S(C)(=O)=O. The maximum atomic E-state index is 13.2. The second-order valence-electron chi connectivity index (χ2n) is 8.26. The Morgan fingerprint density at radius 1 is 1.14 bits per heavy atom. The zero-order valence-corrected chi connectivity index (χ0v) is 22.2. The molecule has 0 fully saturated rings. The molecule has 0 bridgehead atoms.